The Labute approximate surface area is 182 Å². The number of hydrogen-bond acceptors (Lipinski definition) is 4. The van der Waals surface area contributed by atoms with Crippen LogP contribution >= 0.6 is 0 Å². The van der Waals surface area contributed by atoms with Gasteiger partial charge >= 0.3 is 0 Å². The number of carbonyl (C=O) groups is 2. The Bertz CT molecular complexity index is 1120. The molecule has 2 aromatic carbocycles. The third-order valence-corrected chi connectivity index (χ3v) is 5.82. The second kappa shape index (κ2) is 8.79. The first-order valence-corrected chi connectivity index (χ1v) is 10.6. The summed E-state index contributed by atoms with van der Waals surface area (Å²) in [5.41, 5.74) is 3.86. The van der Waals surface area contributed by atoms with Crippen molar-refractivity contribution in [1.82, 2.24) is 14.9 Å². The van der Waals surface area contributed by atoms with Gasteiger partial charge in [0.15, 0.2) is 0 Å². The van der Waals surface area contributed by atoms with Crippen LogP contribution in [0.2, 0.25) is 0 Å². The number of para-hydroxylation sites is 2. The number of nitrogens with one attached hydrogen (secondary N) is 1. The van der Waals surface area contributed by atoms with E-state index in [9.17, 15) is 9.59 Å². The number of fused-ring (bicyclic) bond motifs is 1. The first-order valence-electron chi connectivity index (χ1n) is 10.6. The summed E-state index contributed by atoms with van der Waals surface area (Å²) in [6, 6.07) is 13.8. The van der Waals surface area contributed by atoms with Gasteiger partial charge in [0.25, 0.3) is 0 Å². The Morgan fingerprint density at radius 1 is 1.23 bits per heavy atom. The fourth-order valence-electron chi connectivity index (χ4n) is 4.20. The van der Waals surface area contributed by atoms with Gasteiger partial charge in [-0.2, -0.15) is 0 Å². The molecule has 1 aliphatic heterocycles. The number of aryl methyl sites for hydroxylation is 3. The molecular formula is C24H28N4O3. The molecule has 1 unspecified atom stereocenters. The van der Waals surface area contributed by atoms with Crippen molar-refractivity contribution in [2.24, 2.45) is 5.92 Å². The van der Waals surface area contributed by atoms with Crippen molar-refractivity contribution >= 4 is 28.5 Å². The highest BCUT2D eigenvalue weighted by Gasteiger charge is 2.36. The third-order valence-electron chi connectivity index (χ3n) is 5.82. The molecule has 0 radical (unpaired) electrons. The van der Waals surface area contributed by atoms with Crippen LogP contribution in [0.25, 0.3) is 11.0 Å². The molecule has 7 heteroatoms. The molecule has 31 heavy (non-hydrogen) atoms. The molecule has 0 saturated carbocycles. The lowest BCUT2D eigenvalue weighted by Crippen LogP contribution is -2.34. The van der Waals surface area contributed by atoms with Crippen LogP contribution in [0.3, 0.4) is 0 Å². The minimum atomic E-state index is -0.353. The van der Waals surface area contributed by atoms with Crippen LogP contribution in [-0.2, 0) is 16.1 Å². The van der Waals surface area contributed by atoms with Gasteiger partial charge in [0.1, 0.15) is 11.6 Å². The van der Waals surface area contributed by atoms with Crippen molar-refractivity contribution in [3.05, 3.63) is 53.9 Å². The predicted octanol–water partition coefficient (Wildman–Crippen LogP) is 3.22. The first-order chi connectivity index (χ1) is 15.0. The fourth-order valence-corrected chi connectivity index (χ4v) is 4.20. The molecule has 1 aliphatic rings. The highest BCUT2D eigenvalue weighted by atomic mass is 16.5. The maximum atomic E-state index is 12.7. The number of aromatic nitrogens is 2. The monoisotopic (exact) mass is 420 g/mol. The standard InChI is InChI=1S/C24H28N4O3/c1-16-9-10-22(31-3)21(13-16)28-15-18(14-23(28)29)24(30)25-11-6-12-27-17(2)26-19-7-4-5-8-20(19)27/h4-5,7-10,13,18H,6,11-12,14-15H2,1-3H3,(H,25,30). The molecule has 1 fully saturated rings. The van der Waals surface area contributed by atoms with Crippen LogP contribution in [0.1, 0.15) is 24.2 Å². The number of hydrogen-bond donors (Lipinski definition) is 1. The predicted molar refractivity (Wildman–Crippen MR) is 120 cm³/mol. The van der Waals surface area contributed by atoms with Crippen LogP contribution in [0, 0.1) is 19.8 Å². The second-order valence-corrected chi connectivity index (χ2v) is 8.02. The number of anilines is 1. The summed E-state index contributed by atoms with van der Waals surface area (Å²) in [5.74, 6) is 1.13. The van der Waals surface area contributed by atoms with Gasteiger partial charge in [0, 0.05) is 26.1 Å². The summed E-state index contributed by atoms with van der Waals surface area (Å²) in [6.07, 6.45) is 1.01. The first kappa shape index (κ1) is 20.9. The van der Waals surface area contributed by atoms with Gasteiger partial charge in [-0.1, -0.05) is 18.2 Å². The molecule has 2 amide bonds. The smallest absolute Gasteiger partial charge is 0.227 e. The molecule has 1 saturated heterocycles. The zero-order valence-electron chi connectivity index (χ0n) is 18.2. The Morgan fingerprint density at radius 3 is 2.84 bits per heavy atom. The van der Waals surface area contributed by atoms with Crippen molar-refractivity contribution < 1.29 is 14.3 Å². The zero-order chi connectivity index (χ0) is 22.0. The number of rotatable bonds is 7. The van der Waals surface area contributed by atoms with E-state index in [4.69, 9.17) is 4.74 Å². The summed E-state index contributed by atoms with van der Waals surface area (Å²) in [7, 11) is 1.59. The van der Waals surface area contributed by atoms with E-state index in [-0.39, 0.29) is 24.2 Å². The van der Waals surface area contributed by atoms with Gasteiger partial charge in [0.05, 0.1) is 29.7 Å². The molecule has 0 spiro atoms. The maximum Gasteiger partial charge on any atom is 0.227 e. The number of nitrogens with zero attached hydrogens (tertiary/aromatic N) is 3. The quantitative estimate of drug-likeness (QED) is 0.596. The highest BCUT2D eigenvalue weighted by Crippen LogP contribution is 2.33. The Balaban J connectivity index is 1.33. The molecule has 0 aliphatic carbocycles. The van der Waals surface area contributed by atoms with Crippen molar-refractivity contribution in [2.75, 3.05) is 25.1 Å². The molecule has 0 bridgehead atoms. The van der Waals surface area contributed by atoms with Crippen LogP contribution in [0.15, 0.2) is 42.5 Å². The molecule has 4 rings (SSSR count). The van der Waals surface area contributed by atoms with Gasteiger partial charge in [-0.25, -0.2) is 4.98 Å². The van der Waals surface area contributed by atoms with Gasteiger partial charge < -0.3 is 19.5 Å². The molecule has 7 nitrogen and oxygen atoms in total. The van der Waals surface area contributed by atoms with Crippen LogP contribution in [0.4, 0.5) is 5.69 Å². The van der Waals surface area contributed by atoms with Gasteiger partial charge in [0.2, 0.25) is 11.8 Å². The van der Waals surface area contributed by atoms with E-state index in [1.807, 2.05) is 50.2 Å². The average Bonchev–Trinajstić information content (AvgIpc) is 3.30. The second-order valence-electron chi connectivity index (χ2n) is 8.02. The van der Waals surface area contributed by atoms with Crippen LogP contribution < -0.4 is 15.0 Å². The summed E-state index contributed by atoms with van der Waals surface area (Å²) in [5, 5.41) is 3.00. The lowest BCUT2D eigenvalue weighted by molar-refractivity contribution is -0.126. The SMILES string of the molecule is COc1ccc(C)cc1N1CC(C(=O)NCCCn2c(C)nc3ccccc32)CC1=O. The summed E-state index contributed by atoms with van der Waals surface area (Å²) in [4.78, 5) is 31.5. The van der Waals surface area contributed by atoms with Crippen molar-refractivity contribution in [2.45, 2.75) is 33.2 Å². The van der Waals surface area contributed by atoms with E-state index < -0.39 is 0 Å². The molecule has 162 valence electrons. The minimum absolute atomic E-state index is 0.0513. The Morgan fingerprint density at radius 2 is 2.03 bits per heavy atom. The van der Waals surface area contributed by atoms with E-state index in [0.717, 1.165) is 41.1 Å². The fraction of sp³-hybridized carbons (Fsp3) is 0.375. The van der Waals surface area contributed by atoms with E-state index in [2.05, 4.69) is 20.9 Å². The lowest BCUT2D eigenvalue weighted by Gasteiger charge is -2.20. The Kier molecular flexibility index (Phi) is 5.93. The van der Waals surface area contributed by atoms with Gasteiger partial charge in [-0.15, -0.1) is 0 Å². The minimum Gasteiger partial charge on any atom is -0.495 e. The lowest BCUT2D eigenvalue weighted by atomic mass is 10.1. The summed E-state index contributed by atoms with van der Waals surface area (Å²) < 4.78 is 7.58. The van der Waals surface area contributed by atoms with Crippen LogP contribution in [-0.4, -0.2) is 41.6 Å². The topological polar surface area (TPSA) is 76.5 Å². The highest BCUT2D eigenvalue weighted by molar-refractivity contribution is 6.01. The van der Waals surface area contributed by atoms with Crippen LogP contribution in [0.5, 0.6) is 5.75 Å². The Hall–Kier alpha value is -3.35. The largest absolute Gasteiger partial charge is 0.495 e. The molecule has 2 heterocycles. The average molecular weight is 421 g/mol. The number of ether oxygens (including phenoxy) is 1. The molecular weight excluding hydrogens is 392 g/mol. The van der Waals surface area contributed by atoms with Gasteiger partial charge in [-0.05, 0) is 50.1 Å². The van der Waals surface area contributed by atoms with E-state index in [1.54, 1.807) is 12.0 Å². The van der Waals surface area contributed by atoms with E-state index in [1.165, 1.54) is 0 Å². The normalized spacial score (nSPS) is 16.2. The van der Waals surface area contributed by atoms with Crippen molar-refractivity contribution in [3.63, 3.8) is 0 Å². The number of carbonyl (C=O) groups excluding carboxylic acids is 2. The van der Waals surface area contributed by atoms with Crippen molar-refractivity contribution in [3.8, 4) is 5.75 Å². The van der Waals surface area contributed by atoms with E-state index >= 15 is 0 Å². The summed E-state index contributed by atoms with van der Waals surface area (Å²) >= 11 is 0. The molecule has 1 atom stereocenters. The molecule has 1 N–H and O–H groups in total. The number of amides is 2. The molecule has 1 aromatic heterocycles. The zero-order valence-corrected chi connectivity index (χ0v) is 18.2. The van der Waals surface area contributed by atoms with E-state index in [0.29, 0.717) is 18.8 Å². The number of imidazole rings is 1. The number of benzene rings is 2. The maximum absolute atomic E-state index is 12.7. The molecule has 3 aromatic rings. The van der Waals surface area contributed by atoms with Crippen molar-refractivity contribution in [1.29, 1.82) is 0 Å². The number of methoxy groups -OCH3 is 1. The third kappa shape index (κ3) is 4.26. The summed E-state index contributed by atoms with van der Waals surface area (Å²) in [6.45, 7) is 5.68. The van der Waals surface area contributed by atoms with Gasteiger partial charge in [-0.3, -0.25) is 9.59 Å².